The summed E-state index contributed by atoms with van der Waals surface area (Å²) in [5.41, 5.74) is 0.943. The fourth-order valence-electron chi connectivity index (χ4n) is 1.25. The van der Waals surface area contributed by atoms with Gasteiger partial charge in [0, 0.05) is 0 Å². The van der Waals surface area contributed by atoms with Crippen LogP contribution in [0.3, 0.4) is 0 Å². The molecule has 0 aliphatic carbocycles. The predicted octanol–water partition coefficient (Wildman–Crippen LogP) is 1.36. The van der Waals surface area contributed by atoms with Crippen molar-refractivity contribution in [3.63, 3.8) is 0 Å². The molecule has 80 valence electrons. The number of nitrogens with two attached hydrogens (primary N) is 1. The number of para-hydroxylation sites is 1. The highest BCUT2D eigenvalue weighted by molar-refractivity contribution is 7.22. The Morgan fingerprint density at radius 3 is 2.93 bits per heavy atom. The first kappa shape index (κ1) is 10.4. The van der Waals surface area contributed by atoms with Crippen LogP contribution in [0.1, 0.15) is 6.92 Å². The van der Waals surface area contributed by atoms with E-state index in [-0.39, 0.29) is 12.6 Å². The van der Waals surface area contributed by atoms with E-state index in [0.717, 1.165) is 15.3 Å². The summed E-state index contributed by atoms with van der Waals surface area (Å²) < 4.78 is 1.10. The Bertz CT molecular complexity index is 424. The van der Waals surface area contributed by atoms with Crippen molar-refractivity contribution in [3.8, 4) is 0 Å². The Kier molecular flexibility index (Phi) is 2.86. The summed E-state index contributed by atoms with van der Waals surface area (Å²) in [7, 11) is 0. The standard InChI is InChI=1S/C10H13N3OS/c1-7(6-14)13(11)10-12-8-4-2-3-5-9(8)15-10/h2-5,7,14H,6,11H2,1H3. The molecular weight excluding hydrogens is 210 g/mol. The van der Waals surface area contributed by atoms with Crippen LogP contribution in [0.2, 0.25) is 0 Å². The van der Waals surface area contributed by atoms with Gasteiger partial charge in [-0.25, -0.2) is 10.8 Å². The summed E-state index contributed by atoms with van der Waals surface area (Å²) in [5, 5.41) is 11.2. The fraction of sp³-hybridized carbons (Fsp3) is 0.300. The number of hydrogen-bond acceptors (Lipinski definition) is 5. The van der Waals surface area contributed by atoms with Gasteiger partial charge in [0.25, 0.3) is 0 Å². The number of hydrogen-bond donors (Lipinski definition) is 2. The molecular formula is C10H13N3OS. The van der Waals surface area contributed by atoms with E-state index in [9.17, 15) is 0 Å². The van der Waals surface area contributed by atoms with E-state index < -0.39 is 0 Å². The second-order valence-corrected chi connectivity index (χ2v) is 4.41. The molecule has 0 spiro atoms. The van der Waals surface area contributed by atoms with Crippen LogP contribution >= 0.6 is 11.3 Å². The van der Waals surface area contributed by atoms with Crippen molar-refractivity contribution in [2.45, 2.75) is 13.0 Å². The maximum absolute atomic E-state index is 9.00. The Balaban J connectivity index is 2.36. The van der Waals surface area contributed by atoms with Crippen molar-refractivity contribution in [1.82, 2.24) is 4.98 Å². The summed E-state index contributed by atoms with van der Waals surface area (Å²) in [6, 6.07) is 7.76. The van der Waals surface area contributed by atoms with Crippen molar-refractivity contribution in [3.05, 3.63) is 24.3 Å². The molecule has 0 fully saturated rings. The molecule has 3 N–H and O–H groups in total. The van der Waals surface area contributed by atoms with Crippen molar-refractivity contribution in [1.29, 1.82) is 0 Å². The van der Waals surface area contributed by atoms with Crippen molar-refractivity contribution in [2.75, 3.05) is 11.6 Å². The van der Waals surface area contributed by atoms with Crippen LogP contribution in [0.4, 0.5) is 5.13 Å². The van der Waals surface area contributed by atoms with E-state index in [1.165, 1.54) is 16.3 Å². The lowest BCUT2D eigenvalue weighted by Gasteiger charge is -2.20. The number of hydrazine groups is 1. The number of anilines is 1. The molecule has 5 heteroatoms. The Labute approximate surface area is 91.9 Å². The van der Waals surface area contributed by atoms with Gasteiger partial charge in [0.2, 0.25) is 5.13 Å². The normalized spacial score (nSPS) is 13.0. The number of nitrogens with zero attached hydrogens (tertiary/aromatic N) is 2. The van der Waals surface area contributed by atoms with E-state index in [1.54, 1.807) is 0 Å². The zero-order chi connectivity index (χ0) is 10.8. The van der Waals surface area contributed by atoms with Crippen LogP contribution in [0, 0.1) is 0 Å². The molecule has 0 saturated heterocycles. The van der Waals surface area contributed by atoms with Crippen LogP contribution in [0.5, 0.6) is 0 Å². The maximum Gasteiger partial charge on any atom is 0.201 e. The Morgan fingerprint density at radius 1 is 1.53 bits per heavy atom. The minimum atomic E-state index is -0.120. The number of fused-ring (bicyclic) bond motifs is 1. The third-order valence-corrected chi connectivity index (χ3v) is 3.29. The molecule has 1 aromatic carbocycles. The molecule has 2 rings (SSSR count). The van der Waals surface area contributed by atoms with Gasteiger partial charge >= 0.3 is 0 Å². The molecule has 0 aliphatic rings. The zero-order valence-electron chi connectivity index (χ0n) is 8.42. The van der Waals surface area contributed by atoms with Crippen LogP contribution in [0.25, 0.3) is 10.2 Å². The van der Waals surface area contributed by atoms with E-state index in [2.05, 4.69) is 4.98 Å². The van der Waals surface area contributed by atoms with Gasteiger partial charge in [-0.3, -0.25) is 5.01 Å². The topological polar surface area (TPSA) is 62.4 Å². The second-order valence-electron chi connectivity index (χ2n) is 3.40. The number of aliphatic hydroxyl groups is 1. The van der Waals surface area contributed by atoms with E-state index in [1.807, 2.05) is 31.2 Å². The van der Waals surface area contributed by atoms with Crippen molar-refractivity contribution >= 4 is 26.7 Å². The van der Waals surface area contributed by atoms with Crippen LogP contribution in [-0.2, 0) is 0 Å². The molecule has 0 bridgehead atoms. The molecule has 4 nitrogen and oxygen atoms in total. The summed E-state index contributed by atoms with van der Waals surface area (Å²) in [4.78, 5) is 4.39. The van der Waals surface area contributed by atoms with Crippen LogP contribution in [0.15, 0.2) is 24.3 Å². The average molecular weight is 223 g/mol. The van der Waals surface area contributed by atoms with Gasteiger partial charge in [0.1, 0.15) is 0 Å². The molecule has 1 heterocycles. The number of rotatable bonds is 3. The summed E-state index contributed by atoms with van der Waals surface area (Å²) in [6.07, 6.45) is 0. The number of benzene rings is 1. The lowest BCUT2D eigenvalue weighted by atomic mass is 10.3. The monoisotopic (exact) mass is 223 g/mol. The molecule has 1 aromatic heterocycles. The van der Waals surface area contributed by atoms with Gasteiger partial charge in [-0.2, -0.15) is 0 Å². The van der Waals surface area contributed by atoms with E-state index in [4.69, 9.17) is 10.9 Å². The molecule has 15 heavy (non-hydrogen) atoms. The highest BCUT2D eigenvalue weighted by Crippen LogP contribution is 2.27. The minimum Gasteiger partial charge on any atom is -0.394 e. The van der Waals surface area contributed by atoms with Gasteiger partial charge in [0.05, 0.1) is 22.9 Å². The first-order valence-corrected chi connectivity index (χ1v) is 5.54. The van der Waals surface area contributed by atoms with Gasteiger partial charge < -0.3 is 5.11 Å². The van der Waals surface area contributed by atoms with Crippen LogP contribution in [-0.4, -0.2) is 22.7 Å². The van der Waals surface area contributed by atoms with Gasteiger partial charge in [-0.1, -0.05) is 23.5 Å². The molecule has 0 saturated carbocycles. The maximum atomic E-state index is 9.00. The van der Waals surface area contributed by atoms with Gasteiger partial charge in [0.15, 0.2) is 0 Å². The van der Waals surface area contributed by atoms with Gasteiger partial charge in [-0.15, -0.1) is 0 Å². The third-order valence-electron chi connectivity index (χ3n) is 2.24. The highest BCUT2D eigenvalue weighted by atomic mass is 32.1. The summed E-state index contributed by atoms with van der Waals surface area (Å²) in [6.45, 7) is 1.87. The van der Waals surface area contributed by atoms with Crippen molar-refractivity contribution < 1.29 is 5.11 Å². The lowest BCUT2D eigenvalue weighted by molar-refractivity contribution is 0.267. The SMILES string of the molecule is CC(CO)N(N)c1nc2ccccc2s1. The predicted molar refractivity (Wildman–Crippen MR) is 62.8 cm³/mol. The van der Waals surface area contributed by atoms with E-state index >= 15 is 0 Å². The van der Waals surface area contributed by atoms with E-state index in [0.29, 0.717) is 0 Å². The molecule has 2 aromatic rings. The fourth-order valence-corrected chi connectivity index (χ4v) is 2.24. The highest BCUT2D eigenvalue weighted by Gasteiger charge is 2.13. The smallest absolute Gasteiger partial charge is 0.201 e. The number of aliphatic hydroxyl groups excluding tert-OH is 1. The molecule has 0 amide bonds. The molecule has 1 unspecified atom stereocenters. The first-order chi connectivity index (χ1) is 7.22. The molecule has 0 radical (unpaired) electrons. The largest absolute Gasteiger partial charge is 0.394 e. The summed E-state index contributed by atoms with van der Waals surface area (Å²) in [5.74, 6) is 5.83. The molecule has 0 aliphatic heterocycles. The average Bonchev–Trinajstić information content (AvgIpc) is 2.70. The quantitative estimate of drug-likeness (QED) is 0.609. The lowest BCUT2D eigenvalue weighted by Crippen LogP contribution is -2.41. The first-order valence-electron chi connectivity index (χ1n) is 4.72. The number of aromatic nitrogens is 1. The second kappa shape index (κ2) is 4.14. The number of thiazole rings is 1. The molecule has 1 atom stereocenters. The van der Waals surface area contributed by atoms with Crippen LogP contribution < -0.4 is 10.9 Å². The van der Waals surface area contributed by atoms with Gasteiger partial charge in [-0.05, 0) is 19.1 Å². The minimum absolute atomic E-state index is 0.0203. The third kappa shape index (κ3) is 1.94. The van der Waals surface area contributed by atoms with Crippen molar-refractivity contribution in [2.24, 2.45) is 5.84 Å². The Morgan fingerprint density at radius 2 is 2.27 bits per heavy atom. The zero-order valence-corrected chi connectivity index (χ0v) is 9.24. The summed E-state index contributed by atoms with van der Waals surface area (Å²) >= 11 is 1.53. The Hall–Kier alpha value is -1.17.